The molecule has 0 heterocycles. The summed E-state index contributed by atoms with van der Waals surface area (Å²) >= 11 is 0. The predicted octanol–water partition coefficient (Wildman–Crippen LogP) is 4.06. The minimum Gasteiger partial charge on any atom is -0.435 e. The van der Waals surface area contributed by atoms with Crippen LogP contribution in [-0.2, 0) is 0 Å². The van der Waals surface area contributed by atoms with Crippen LogP contribution in [0.15, 0.2) is 48.5 Å². The van der Waals surface area contributed by atoms with E-state index in [0.29, 0.717) is 29.8 Å². The molecule has 0 saturated heterocycles. The second-order valence-corrected chi connectivity index (χ2v) is 6.55. The summed E-state index contributed by atoms with van der Waals surface area (Å²) in [4.78, 5) is 12.7. The molecule has 27 heavy (non-hydrogen) atoms. The Hall–Kier alpha value is -2.67. The maximum absolute atomic E-state index is 12.7. The number of nitrogens with one attached hydrogen (secondary N) is 2. The van der Waals surface area contributed by atoms with Crippen LogP contribution in [0.1, 0.15) is 36.0 Å². The molecule has 5 nitrogen and oxygen atoms in total. The molecule has 0 spiro atoms. The first-order valence-corrected chi connectivity index (χ1v) is 8.91. The second-order valence-electron chi connectivity index (χ2n) is 6.55. The van der Waals surface area contributed by atoms with Crippen LogP contribution in [0.3, 0.4) is 0 Å². The standard InChI is InChI=1S/C20H22F2N2O3/c21-20(22)27-16-11-7-13(8-12-16)23-18-4-2-1-3-17(18)19(26)24-14-5-9-15(25)10-6-14/h1-4,7-8,11-12,14-15,20,23,25H,5-6,9-10H2,(H,24,26). The number of carbonyl (C=O) groups excluding carboxylic acids is 1. The van der Waals surface area contributed by atoms with Crippen molar-refractivity contribution < 1.29 is 23.4 Å². The third kappa shape index (κ3) is 5.40. The number of hydrogen-bond donors (Lipinski definition) is 3. The quantitative estimate of drug-likeness (QED) is 0.711. The van der Waals surface area contributed by atoms with E-state index in [1.54, 1.807) is 30.3 Å². The first kappa shape index (κ1) is 19.1. The molecule has 1 aliphatic carbocycles. The van der Waals surface area contributed by atoms with Crippen LogP contribution < -0.4 is 15.4 Å². The van der Waals surface area contributed by atoms with Crippen molar-refractivity contribution in [2.75, 3.05) is 5.32 Å². The number of amides is 1. The highest BCUT2D eigenvalue weighted by atomic mass is 19.3. The molecule has 0 radical (unpaired) electrons. The Morgan fingerprint density at radius 2 is 1.70 bits per heavy atom. The Morgan fingerprint density at radius 3 is 2.37 bits per heavy atom. The Morgan fingerprint density at radius 1 is 1.04 bits per heavy atom. The number of hydrogen-bond acceptors (Lipinski definition) is 4. The third-order valence-electron chi connectivity index (χ3n) is 4.56. The lowest BCUT2D eigenvalue weighted by Crippen LogP contribution is -2.38. The van der Waals surface area contributed by atoms with E-state index in [1.807, 2.05) is 6.07 Å². The van der Waals surface area contributed by atoms with E-state index >= 15 is 0 Å². The molecular formula is C20H22F2N2O3. The van der Waals surface area contributed by atoms with E-state index in [4.69, 9.17) is 0 Å². The van der Waals surface area contributed by atoms with Gasteiger partial charge in [-0.05, 0) is 62.1 Å². The highest BCUT2D eigenvalue weighted by Gasteiger charge is 2.22. The van der Waals surface area contributed by atoms with Crippen LogP contribution in [0.2, 0.25) is 0 Å². The number of halogens is 2. The molecule has 0 aliphatic heterocycles. The van der Waals surface area contributed by atoms with Gasteiger partial charge < -0.3 is 20.5 Å². The maximum Gasteiger partial charge on any atom is 0.387 e. The van der Waals surface area contributed by atoms with Crippen molar-refractivity contribution in [1.82, 2.24) is 5.32 Å². The summed E-state index contributed by atoms with van der Waals surface area (Å²) in [6.07, 6.45) is 2.63. The van der Waals surface area contributed by atoms with Gasteiger partial charge in [0, 0.05) is 11.7 Å². The average molecular weight is 376 g/mol. The summed E-state index contributed by atoms with van der Waals surface area (Å²) in [6, 6.07) is 13.2. The second kappa shape index (κ2) is 8.81. The van der Waals surface area contributed by atoms with Crippen molar-refractivity contribution in [3.05, 3.63) is 54.1 Å². The van der Waals surface area contributed by atoms with Crippen LogP contribution in [0, 0.1) is 0 Å². The molecule has 1 fully saturated rings. The summed E-state index contributed by atoms with van der Waals surface area (Å²) in [5.41, 5.74) is 1.77. The monoisotopic (exact) mass is 376 g/mol. The first-order chi connectivity index (χ1) is 13.0. The molecule has 1 saturated carbocycles. The number of carbonyl (C=O) groups is 1. The fourth-order valence-corrected chi connectivity index (χ4v) is 3.15. The Labute approximate surface area is 156 Å². The van der Waals surface area contributed by atoms with Crippen LogP contribution in [0.25, 0.3) is 0 Å². The van der Waals surface area contributed by atoms with Gasteiger partial charge >= 0.3 is 6.61 Å². The Kier molecular flexibility index (Phi) is 6.24. The van der Waals surface area contributed by atoms with Crippen molar-refractivity contribution in [1.29, 1.82) is 0 Å². The van der Waals surface area contributed by atoms with Crippen molar-refractivity contribution in [2.24, 2.45) is 0 Å². The first-order valence-electron chi connectivity index (χ1n) is 8.91. The number of aliphatic hydroxyl groups excluding tert-OH is 1. The zero-order chi connectivity index (χ0) is 19.2. The summed E-state index contributed by atoms with van der Waals surface area (Å²) in [5.74, 6) is -0.113. The molecule has 0 bridgehead atoms. The lowest BCUT2D eigenvalue weighted by Gasteiger charge is -2.26. The Bertz CT molecular complexity index is 760. The van der Waals surface area contributed by atoms with Gasteiger partial charge in [-0.25, -0.2) is 0 Å². The largest absolute Gasteiger partial charge is 0.435 e. The van der Waals surface area contributed by atoms with Gasteiger partial charge in [0.1, 0.15) is 5.75 Å². The van der Waals surface area contributed by atoms with Crippen molar-refractivity contribution in [2.45, 2.75) is 44.4 Å². The zero-order valence-electron chi connectivity index (χ0n) is 14.7. The molecule has 0 aromatic heterocycles. The zero-order valence-corrected chi connectivity index (χ0v) is 14.7. The summed E-state index contributed by atoms with van der Waals surface area (Å²) in [7, 11) is 0. The number of benzene rings is 2. The number of rotatable bonds is 6. The van der Waals surface area contributed by atoms with E-state index in [-0.39, 0.29) is 23.8 Å². The highest BCUT2D eigenvalue weighted by molar-refractivity contribution is 6.00. The third-order valence-corrected chi connectivity index (χ3v) is 4.56. The lowest BCUT2D eigenvalue weighted by atomic mass is 9.93. The van der Waals surface area contributed by atoms with E-state index in [1.165, 1.54) is 12.1 Å². The lowest BCUT2D eigenvalue weighted by molar-refractivity contribution is -0.0498. The summed E-state index contributed by atoms with van der Waals surface area (Å²) in [6.45, 7) is -2.87. The molecule has 7 heteroatoms. The fourth-order valence-electron chi connectivity index (χ4n) is 3.15. The number of ether oxygens (including phenoxy) is 1. The fraction of sp³-hybridized carbons (Fsp3) is 0.350. The normalized spacial score (nSPS) is 19.6. The van der Waals surface area contributed by atoms with Crippen LogP contribution in [0.4, 0.5) is 20.2 Å². The van der Waals surface area contributed by atoms with Gasteiger partial charge in [-0.1, -0.05) is 12.1 Å². The number of alkyl halides is 2. The van der Waals surface area contributed by atoms with Gasteiger partial charge in [0.2, 0.25) is 0 Å². The van der Waals surface area contributed by atoms with Crippen LogP contribution in [0.5, 0.6) is 5.75 Å². The van der Waals surface area contributed by atoms with Gasteiger partial charge in [-0.15, -0.1) is 0 Å². The van der Waals surface area contributed by atoms with Gasteiger partial charge in [-0.2, -0.15) is 8.78 Å². The van der Waals surface area contributed by atoms with Crippen LogP contribution in [-0.4, -0.2) is 29.8 Å². The molecule has 2 aromatic carbocycles. The van der Waals surface area contributed by atoms with Gasteiger partial charge in [0.05, 0.1) is 17.4 Å². The summed E-state index contributed by atoms with van der Waals surface area (Å²) in [5, 5.41) is 15.7. The van der Waals surface area contributed by atoms with E-state index in [0.717, 1.165) is 12.8 Å². The SMILES string of the molecule is O=C(NC1CCC(O)CC1)c1ccccc1Nc1ccc(OC(F)F)cc1. The molecular weight excluding hydrogens is 354 g/mol. The predicted molar refractivity (Wildman–Crippen MR) is 98.5 cm³/mol. The number of para-hydroxylation sites is 1. The molecule has 2 aromatic rings. The minimum atomic E-state index is -2.87. The molecule has 144 valence electrons. The molecule has 1 aliphatic rings. The minimum absolute atomic E-state index is 0.0553. The Balaban J connectivity index is 1.67. The van der Waals surface area contributed by atoms with E-state index < -0.39 is 6.61 Å². The van der Waals surface area contributed by atoms with Gasteiger partial charge in [0.25, 0.3) is 5.91 Å². The van der Waals surface area contributed by atoms with Crippen molar-refractivity contribution in [3.63, 3.8) is 0 Å². The molecule has 0 atom stereocenters. The topological polar surface area (TPSA) is 70.6 Å². The number of aliphatic hydroxyl groups is 1. The summed E-state index contributed by atoms with van der Waals surface area (Å²) < 4.78 is 28.8. The van der Waals surface area contributed by atoms with Gasteiger partial charge in [-0.3, -0.25) is 4.79 Å². The molecule has 0 unspecified atom stereocenters. The van der Waals surface area contributed by atoms with E-state index in [2.05, 4.69) is 15.4 Å². The van der Waals surface area contributed by atoms with E-state index in [9.17, 15) is 18.7 Å². The van der Waals surface area contributed by atoms with Crippen LogP contribution >= 0.6 is 0 Å². The molecule has 1 amide bonds. The average Bonchev–Trinajstić information content (AvgIpc) is 2.65. The molecule has 3 rings (SSSR count). The van der Waals surface area contributed by atoms with Gasteiger partial charge in [0.15, 0.2) is 0 Å². The number of anilines is 2. The molecule has 3 N–H and O–H groups in total. The van der Waals surface area contributed by atoms with Crippen molar-refractivity contribution >= 4 is 17.3 Å². The van der Waals surface area contributed by atoms with Crippen molar-refractivity contribution in [3.8, 4) is 5.75 Å². The highest BCUT2D eigenvalue weighted by Crippen LogP contribution is 2.25. The maximum atomic E-state index is 12.7. The smallest absolute Gasteiger partial charge is 0.387 e.